The number of cyclic esters (lactones) is 1. The lowest BCUT2D eigenvalue weighted by atomic mass is 10.1. The molecule has 0 aromatic heterocycles. The minimum atomic E-state index is -0.377. The molecule has 0 bridgehead atoms. The molecule has 1 aliphatic carbocycles. The maximum absolute atomic E-state index is 11.2. The minimum Gasteiger partial charge on any atom is -0.497 e. The van der Waals surface area contributed by atoms with E-state index in [9.17, 15) is 4.79 Å². The number of nitrogens with one attached hydrogen (secondary N) is 1. The van der Waals surface area contributed by atoms with Crippen LogP contribution in [0.5, 0.6) is 11.5 Å². The molecule has 108 valence electrons. The maximum Gasteiger partial charge on any atom is 0.407 e. The standard InChI is InChI=1S/C15H19NO4/c1-18-11-6-7-12(14-9-16-15(17)20-14)13(8-11)19-10-4-2-3-5-10/h6-8,10,14H,2-5,9H2,1H3,(H,16,17). The van der Waals surface area contributed by atoms with Crippen molar-refractivity contribution in [2.75, 3.05) is 13.7 Å². The van der Waals surface area contributed by atoms with Gasteiger partial charge in [0.25, 0.3) is 0 Å². The average molecular weight is 277 g/mol. The summed E-state index contributed by atoms with van der Waals surface area (Å²) in [5, 5.41) is 2.67. The van der Waals surface area contributed by atoms with Crippen LogP contribution in [0.2, 0.25) is 0 Å². The van der Waals surface area contributed by atoms with Crippen LogP contribution in [-0.2, 0) is 4.74 Å². The Morgan fingerprint density at radius 1 is 1.30 bits per heavy atom. The van der Waals surface area contributed by atoms with E-state index in [-0.39, 0.29) is 18.3 Å². The number of carbonyl (C=O) groups excluding carboxylic acids is 1. The van der Waals surface area contributed by atoms with E-state index in [2.05, 4.69) is 5.32 Å². The molecule has 3 rings (SSSR count). The fraction of sp³-hybridized carbons (Fsp3) is 0.533. The number of amides is 1. The quantitative estimate of drug-likeness (QED) is 0.919. The predicted octanol–water partition coefficient (Wildman–Crippen LogP) is 2.80. The lowest BCUT2D eigenvalue weighted by Crippen LogP contribution is -2.15. The van der Waals surface area contributed by atoms with Crippen molar-refractivity contribution in [2.45, 2.75) is 37.9 Å². The predicted molar refractivity (Wildman–Crippen MR) is 73.1 cm³/mol. The van der Waals surface area contributed by atoms with Gasteiger partial charge in [-0.15, -0.1) is 0 Å². The first kappa shape index (κ1) is 13.1. The van der Waals surface area contributed by atoms with Crippen LogP contribution in [0.1, 0.15) is 37.4 Å². The number of hydrogen-bond donors (Lipinski definition) is 1. The van der Waals surface area contributed by atoms with E-state index in [0.717, 1.165) is 29.9 Å². The molecule has 1 N–H and O–H groups in total. The monoisotopic (exact) mass is 277 g/mol. The van der Waals surface area contributed by atoms with Gasteiger partial charge in [-0.1, -0.05) is 0 Å². The summed E-state index contributed by atoms with van der Waals surface area (Å²) in [5.41, 5.74) is 0.899. The number of ether oxygens (including phenoxy) is 3. The second-order valence-corrected chi connectivity index (χ2v) is 5.20. The van der Waals surface area contributed by atoms with Crippen LogP contribution in [-0.4, -0.2) is 25.9 Å². The number of hydrogen-bond acceptors (Lipinski definition) is 4. The van der Waals surface area contributed by atoms with Gasteiger partial charge in [0.15, 0.2) is 0 Å². The molecule has 5 nitrogen and oxygen atoms in total. The normalized spacial score (nSPS) is 22.4. The summed E-state index contributed by atoms with van der Waals surface area (Å²) in [6, 6.07) is 5.65. The van der Waals surface area contributed by atoms with Gasteiger partial charge in [-0.25, -0.2) is 4.79 Å². The average Bonchev–Trinajstić information content (AvgIpc) is 3.10. The number of methoxy groups -OCH3 is 1. The highest BCUT2D eigenvalue weighted by Gasteiger charge is 2.28. The lowest BCUT2D eigenvalue weighted by molar-refractivity contribution is 0.136. The lowest BCUT2D eigenvalue weighted by Gasteiger charge is -2.19. The zero-order valence-corrected chi connectivity index (χ0v) is 11.6. The van der Waals surface area contributed by atoms with Gasteiger partial charge in [0, 0.05) is 11.6 Å². The highest BCUT2D eigenvalue weighted by molar-refractivity contribution is 5.70. The van der Waals surface area contributed by atoms with E-state index in [1.165, 1.54) is 12.8 Å². The third-order valence-corrected chi connectivity index (χ3v) is 3.84. The van der Waals surface area contributed by atoms with E-state index in [1.54, 1.807) is 7.11 Å². The van der Waals surface area contributed by atoms with Crippen molar-refractivity contribution in [3.05, 3.63) is 23.8 Å². The van der Waals surface area contributed by atoms with Gasteiger partial charge in [0.05, 0.1) is 19.8 Å². The summed E-state index contributed by atoms with van der Waals surface area (Å²) in [5.74, 6) is 1.51. The molecule has 1 aliphatic heterocycles. The first-order valence-corrected chi connectivity index (χ1v) is 7.05. The smallest absolute Gasteiger partial charge is 0.407 e. The number of rotatable bonds is 4. The molecule has 1 aromatic rings. The van der Waals surface area contributed by atoms with E-state index in [1.807, 2.05) is 18.2 Å². The van der Waals surface area contributed by atoms with Crippen LogP contribution in [0.25, 0.3) is 0 Å². The summed E-state index contributed by atoms with van der Waals surface area (Å²) in [4.78, 5) is 11.2. The maximum atomic E-state index is 11.2. The Bertz CT molecular complexity index is 497. The molecule has 2 fully saturated rings. The van der Waals surface area contributed by atoms with Crippen molar-refractivity contribution in [3.63, 3.8) is 0 Å². The minimum absolute atomic E-state index is 0.255. The molecule has 20 heavy (non-hydrogen) atoms. The first-order chi connectivity index (χ1) is 9.76. The molecule has 1 saturated heterocycles. The molecule has 1 amide bonds. The van der Waals surface area contributed by atoms with Crippen molar-refractivity contribution in [1.29, 1.82) is 0 Å². The Morgan fingerprint density at radius 2 is 2.10 bits per heavy atom. The topological polar surface area (TPSA) is 56.8 Å². The molecule has 1 aromatic carbocycles. The van der Waals surface area contributed by atoms with Crippen molar-refractivity contribution < 1.29 is 19.0 Å². The highest BCUT2D eigenvalue weighted by Crippen LogP contribution is 2.35. The summed E-state index contributed by atoms with van der Waals surface area (Å²) < 4.78 is 16.6. The third kappa shape index (κ3) is 2.66. The number of benzene rings is 1. The Labute approximate surface area is 118 Å². The van der Waals surface area contributed by atoms with E-state index >= 15 is 0 Å². The number of carbonyl (C=O) groups is 1. The summed E-state index contributed by atoms with van der Waals surface area (Å²) >= 11 is 0. The first-order valence-electron chi connectivity index (χ1n) is 7.05. The van der Waals surface area contributed by atoms with Gasteiger partial charge < -0.3 is 19.5 Å². The highest BCUT2D eigenvalue weighted by atomic mass is 16.6. The fourth-order valence-electron chi connectivity index (χ4n) is 2.76. The van der Waals surface area contributed by atoms with E-state index in [4.69, 9.17) is 14.2 Å². The van der Waals surface area contributed by atoms with Gasteiger partial charge in [-0.05, 0) is 37.8 Å². The summed E-state index contributed by atoms with van der Waals surface area (Å²) in [7, 11) is 1.63. The second kappa shape index (κ2) is 5.61. The van der Waals surface area contributed by atoms with Gasteiger partial charge in [0.1, 0.15) is 17.6 Å². The molecule has 1 saturated carbocycles. The van der Waals surface area contributed by atoms with Crippen molar-refractivity contribution in [3.8, 4) is 11.5 Å². The number of alkyl carbamates (subject to hydrolysis) is 1. The van der Waals surface area contributed by atoms with Gasteiger partial charge in [-0.3, -0.25) is 0 Å². The van der Waals surface area contributed by atoms with Crippen LogP contribution in [0.15, 0.2) is 18.2 Å². The summed E-state index contributed by atoms with van der Waals surface area (Å²) in [6.45, 7) is 0.478. The Hall–Kier alpha value is -1.91. The van der Waals surface area contributed by atoms with Crippen molar-refractivity contribution in [1.82, 2.24) is 5.32 Å². The van der Waals surface area contributed by atoms with E-state index in [0.29, 0.717) is 6.54 Å². The molecule has 1 atom stereocenters. The fourth-order valence-corrected chi connectivity index (χ4v) is 2.76. The largest absolute Gasteiger partial charge is 0.497 e. The van der Waals surface area contributed by atoms with Crippen LogP contribution in [0, 0.1) is 0 Å². The third-order valence-electron chi connectivity index (χ3n) is 3.84. The molecule has 2 aliphatic rings. The van der Waals surface area contributed by atoms with Gasteiger partial charge in [0.2, 0.25) is 0 Å². The van der Waals surface area contributed by atoms with Crippen LogP contribution in [0.3, 0.4) is 0 Å². The van der Waals surface area contributed by atoms with Crippen LogP contribution < -0.4 is 14.8 Å². The zero-order chi connectivity index (χ0) is 13.9. The second-order valence-electron chi connectivity index (χ2n) is 5.20. The molecule has 5 heteroatoms. The van der Waals surface area contributed by atoms with Crippen LogP contribution >= 0.6 is 0 Å². The SMILES string of the molecule is COc1ccc(C2CNC(=O)O2)c(OC2CCCC2)c1. The molecule has 1 heterocycles. The van der Waals surface area contributed by atoms with E-state index < -0.39 is 0 Å². The Balaban J connectivity index is 1.85. The van der Waals surface area contributed by atoms with Crippen LogP contribution in [0.4, 0.5) is 4.79 Å². The van der Waals surface area contributed by atoms with Crippen molar-refractivity contribution >= 4 is 6.09 Å². The van der Waals surface area contributed by atoms with Crippen molar-refractivity contribution in [2.24, 2.45) is 0 Å². The summed E-state index contributed by atoms with van der Waals surface area (Å²) in [6.07, 6.45) is 4.18. The molecular weight excluding hydrogens is 258 g/mol. The Morgan fingerprint density at radius 3 is 2.75 bits per heavy atom. The molecule has 0 spiro atoms. The molecule has 1 unspecified atom stereocenters. The van der Waals surface area contributed by atoms with Gasteiger partial charge in [-0.2, -0.15) is 0 Å². The van der Waals surface area contributed by atoms with Gasteiger partial charge >= 0.3 is 6.09 Å². The molecule has 0 radical (unpaired) electrons. The Kier molecular flexibility index (Phi) is 3.67. The zero-order valence-electron chi connectivity index (χ0n) is 11.6. The molecular formula is C15H19NO4.